The molecule has 0 spiro atoms. The molecule has 0 saturated heterocycles. The van der Waals surface area contributed by atoms with E-state index in [9.17, 15) is 18.0 Å². The number of aromatic amines is 1. The quantitative estimate of drug-likeness (QED) is 0.336. The first-order valence-corrected chi connectivity index (χ1v) is 11.2. The van der Waals surface area contributed by atoms with E-state index in [4.69, 9.17) is 16.3 Å². The Morgan fingerprint density at radius 2 is 1.82 bits per heavy atom. The maximum Gasteiger partial charge on any atom is 0.338 e. The van der Waals surface area contributed by atoms with Crippen LogP contribution >= 0.6 is 11.6 Å². The predicted molar refractivity (Wildman–Crippen MR) is 119 cm³/mol. The van der Waals surface area contributed by atoms with Crippen molar-refractivity contribution >= 4 is 56.0 Å². The average molecular weight is 487 g/mol. The smallest absolute Gasteiger partial charge is 0.338 e. The molecule has 2 aromatic heterocycles. The number of rotatable bonds is 7. The molecule has 0 radical (unpaired) electrons. The number of imidazole rings is 1. The van der Waals surface area contributed by atoms with Crippen LogP contribution in [0.5, 0.6) is 0 Å². The fraction of sp³-hybridized carbons (Fsp3) is 0.0500. The highest BCUT2D eigenvalue weighted by molar-refractivity contribution is 7.92. The molecule has 168 valence electrons. The van der Waals surface area contributed by atoms with Gasteiger partial charge < -0.3 is 15.0 Å². The summed E-state index contributed by atoms with van der Waals surface area (Å²) in [6, 6.07) is 12.9. The molecule has 4 aromatic rings. The van der Waals surface area contributed by atoms with E-state index in [2.05, 4.69) is 30.2 Å². The molecule has 2 heterocycles. The van der Waals surface area contributed by atoms with Crippen LogP contribution < -0.4 is 10.0 Å². The Morgan fingerprint density at radius 3 is 2.55 bits per heavy atom. The molecule has 1 amide bonds. The number of hydrogen-bond donors (Lipinski definition) is 3. The van der Waals surface area contributed by atoms with Gasteiger partial charge in [-0.1, -0.05) is 11.6 Å². The summed E-state index contributed by atoms with van der Waals surface area (Å²) < 4.78 is 32.2. The van der Waals surface area contributed by atoms with Gasteiger partial charge in [0.2, 0.25) is 0 Å². The van der Waals surface area contributed by atoms with Crippen molar-refractivity contribution in [2.45, 2.75) is 4.90 Å². The fourth-order valence-corrected chi connectivity index (χ4v) is 3.86. The van der Waals surface area contributed by atoms with Crippen molar-refractivity contribution in [1.29, 1.82) is 0 Å². The van der Waals surface area contributed by atoms with Crippen LogP contribution in [0.4, 0.5) is 11.5 Å². The third kappa shape index (κ3) is 5.42. The molecule has 3 N–H and O–H groups in total. The number of amides is 1. The lowest BCUT2D eigenvalue weighted by molar-refractivity contribution is -0.119. The summed E-state index contributed by atoms with van der Waals surface area (Å²) in [5.74, 6) is -1.25. The zero-order chi connectivity index (χ0) is 23.4. The van der Waals surface area contributed by atoms with Crippen LogP contribution in [0.2, 0.25) is 5.15 Å². The Balaban J connectivity index is 1.32. The summed E-state index contributed by atoms with van der Waals surface area (Å²) in [7, 11) is -3.92. The maximum absolute atomic E-state index is 12.4. The van der Waals surface area contributed by atoms with Crippen LogP contribution in [0, 0.1) is 0 Å². The number of benzene rings is 2. The maximum atomic E-state index is 12.4. The van der Waals surface area contributed by atoms with Gasteiger partial charge in [-0.3, -0.25) is 9.52 Å². The lowest BCUT2D eigenvalue weighted by atomic mass is 10.2. The van der Waals surface area contributed by atoms with Gasteiger partial charge in [-0.05, 0) is 54.6 Å². The highest BCUT2D eigenvalue weighted by Gasteiger charge is 2.16. The number of esters is 1. The molecule has 2 aromatic carbocycles. The molecule has 0 aliphatic heterocycles. The monoisotopic (exact) mass is 486 g/mol. The number of nitrogens with zero attached hydrogens (tertiary/aromatic N) is 3. The minimum absolute atomic E-state index is 0.00488. The van der Waals surface area contributed by atoms with E-state index < -0.39 is 28.5 Å². The molecule has 0 saturated carbocycles. The average Bonchev–Trinajstić information content (AvgIpc) is 3.27. The largest absolute Gasteiger partial charge is 0.452 e. The van der Waals surface area contributed by atoms with E-state index in [1.165, 1.54) is 42.7 Å². The van der Waals surface area contributed by atoms with Gasteiger partial charge in [0, 0.05) is 5.69 Å². The first-order valence-electron chi connectivity index (χ1n) is 9.32. The lowest BCUT2D eigenvalue weighted by Crippen LogP contribution is -2.21. The number of halogens is 1. The van der Waals surface area contributed by atoms with Crippen LogP contribution in [-0.4, -0.2) is 47.1 Å². The fourth-order valence-electron chi connectivity index (χ4n) is 2.76. The zero-order valence-electron chi connectivity index (χ0n) is 16.6. The van der Waals surface area contributed by atoms with Gasteiger partial charge in [0.05, 0.1) is 27.8 Å². The molecule has 0 aliphatic rings. The predicted octanol–water partition coefficient (Wildman–Crippen LogP) is 2.60. The highest BCUT2D eigenvalue weighted by atomic mass is 35.5. The van der Waals surface area contributed by atoms with Gasteiger partial charge in [0.15, 0.2) is 17.6 Å². The van der Waals surface area contributed by atoms with Crippen molar-refractivity contribution in [3.8, 4) is 0 Å². The molecule has 0 bridgehead atoms. The number of fused-ring (bicyclic) bond motifs is 1. The highest BCUT2D eigenvalue weighted by Crippen LogP contribution is 2.18. The number of aromatic nitrogens is 4. The van der Waals surface area contributed by atoms with E-state index in [1.54, 1.807) is 18.2 Å². The summed E-state index contributed by atoms with van der Waals surface area (Å²) in [6.07, 6.45) is 1.51. The summed E-state index contributed by atoms with van der Waals surface area (Å²) >= 11 is 5.63. The van der Waals surface area contributed by atoms with Crippen molar-refractivity contribution < 1.29 is 22.7 Å². The first-order chi connectivity index (χ1) is 15.8. The van der Waals surface area contributed by atoms with Crippen LogP contribution in [0.25, 0.3) is 11.0 Å². The van der Waals surface area contributed by atoms with Crippen LogP contribution in [-0.2, 0) is 19.6 Å². The van der Waals surface area contributed by atoms with E-state index in [-0.39, 0.29) is 21.4 Å². The number of carbonyl (C=O) groups is 2. The summed E-state index contributed by atoms with van der Waals surface area (Å²) in [4.78, 5) is 31.2. The Hall–Kier alpha value is -4.03. The molecular formula is C20H15ClN6O5S. The van der Waals surface area contributed by atoms with E-state index in [1.807, 2.05) is 0 Å². The Bertz CT molecular complexity index is 1420. The lowest BCUT2D eigenvalue weighted by Gasteiger charge is -2.09. The number of ether oxygens (including phenoxy) is 1. The summed E-state index contributed by atoms with van der Waals surface area (Å²) in [5, 5.41) is 9.86. The zero-order valence-corrected chi connectivity index (χ0v) is 18.2. The first kappa shape index (κ1) is 22.2. The van der Waals surface area contributed by atoms with Crippen molar-refractivity contribution in [1.82, 2.24) is 20.2 Å². The Kier molecular flexibility index (Phi) is 6.20. The Labute approximate surface area is 192 Å². The Morgan fingerprint density at radius 1 is 1.03 bits per heavy atom. The number of sulfonamides is 1. The second-order valence-corrected chi connectivity index (χ2v) is 8.70. The number of H-pyrrole nitrogens is 1. The number of hydrogen-bond acceptors (Lipinski definition) is 8. The standard InChI is InChI=1S/C20H15ClN6O5S/c21-17-7-8-18(26-25-17)27-33(30,31)14-4-2-13(3-5-14)24-19(28)10-32-20(29)12-1-6-15-16(9-12)23-11-22-15/h1-9,11H,10H2,(H,22,23)(H,24,28)(H,26,27). The third-order valence-electron chi connectivity index (χ3n) is 4.31. The second-order valence-electron chi connectivity index (χ2n) is 6.63. The molecule has 13 heteroatoms. The normalized spacial score (nSPS) is 11.2. The van der Waals surface area contributed by atoms with Gasteiger partial charge in [-0.25, -0.2) is 18.2 Å². The van der Waals surface area contributed by atoms with Crippen molar-refractivity contribution in [2.24, 2.45) is 0 Å². The molecule has 33 heavy (non-hydrogen) atoms. The molecule has 4 rings (SSSR count). The number of anilines is 2. The van der Waals surface area contributed by atoms with Gasteiger partial charge in [-0.15, -0.1) is 10.2 Å². The molecule has 0 atom stereocenters. The molecule has 0 aliphatic carbocycles. The van der Waals surface area contributed by atoms with Crippen molar-refractivity contribution in [3.63, 3.8) is 0 Å². The summed E-state index contributed by atoms with van der Waals surface area (Å²) in [6.45, 7) is -0.517. The SMILES string of the molecule is O=C(COC(=O)c1ccc2nc[nH]c2c1)Nc1ccc(S(=O)(=O)Nc2ccc(Cl)nn2)cc1. The van der Waals surface area contributed by atoms with E-state index >= 15 is 0 Å². The van der Waals surface area contributed by atoms with Crippen LogP contribution in [0.3, 0.4) is 0 Å². The number of carbonyl (C=O) groups excluding carboxylic acids is 2. The van der Waals surface area contributed by atoms with Gasteiger partial charge in [-0.2, -0.15) is 0 Å². The molecule has 11 nitrogen and oxygen atoms in total. The minimum atomic E-state index is -3.92. The second kappa shape index (κ2) is 9.22. The third-order valence-corrected chi connectivity index (χ3v) is 5.88. The van der Waals surface area contributed by atoms with Crippen molar-refractivity contribution in [3.05, 3.63) is 71.6 Å². The van der Waals surface area contributed by atoms with Crippen LogP contribution in [0.15, 0.2) is 65.8 Å². The van der Waals surface area contributed by atoms with Crippen molar-refractivity contribution in [2.75, 3.05) is 16.6 Å². The van der Waals surface area contributed by atoms with Gasteiger partial charge in [0.1, 0.15) is 0 Å². The van der Waals surface area contributed by atoms with Gasteiger partial charge >= 0.3 is 5.97 Å². The van der Waals surface area contributed by atoms with Crippen LogP contribution in [0.1, 0.15) is 10.4 Å². The topological polar surface area (TPSA) is 156 Å². The molecular weight excluding hydrogens is 472 g/mol. The summed E-state index contributed by atoms with van der Waals surface area (Å²) in [5.41, 5.74) is 1.96. The van der Waals surface area contributed by atoms with E-state index in [0.717, 1.165) is 0 Å². The molecule has 0 unspecified atom stereocenters. The van der Waals surface area contributed by atoms with Gasteiger partial charge in [0.25, 0.3) is 15.9 Å². The van der Waals surface area contributed by atoms with E-state index in [0.29, 0.717) is 16.7 Å². The molecule has 0 fully saturated rings. The minimum Gasteiger partial charge on any atom is -0.452 e. The number of nitrogens with one attached hydrogen (secondary N) is 3.